The molecule has 0 aromatic heterocycles. The van der Waals surface area contributed by atoms with E-state index in [1.807, 2.05) is 37.3 Å². The van der Waals surface area contributed by atoms with Crippen LogP contribution in [0.5, 0.6) is 0 Å². The number of hydrogen-bond acceptors (Lipinski definition) is 3. The van der Waals surface area contributed by atoms with Crippen molar-refractivity contribution in [3.8, 4) is 0 Å². The number of carbonyl (C=O) groups excluding carboxylic acids is 1. The van der Waals surface area contributed by atoms with E-state index in [2.05, 4.69) is 13.2 Å². The zero-order chi connectivity index (χ0) is 13.4. The van der Waals surface area contributed by atoms with Gasteiger partial charge in [-0.2, -0.15) is 0 Å². The van der Waals surface area contributed by atoms with Gasteiger partial charge in [0.25, 0.3) is 0 Å². The van der Waals surface area contributed by atoms with Gasteiger partial charge in [-0.1, -0.05) is 49.1 Å². The maximum atomic E-state index is 11.6. The molecule has 0 saturated carbocycles. The highest BCUT2D eigenvalue weighted by molar-refractivity contribution is 5.87. The minimum absolute atomic E-state index is 0.167. The van der Waals surface area contributed by atoms with Crippen molar-refractivity contribution in [3.05, 3.63) is 60.2 Å². The monoisotopic (exact) mass is 246 g/mol. The Balaban J connectivity index is 2.28. The molecule has 0 radical (unpaired) electrons. The predicted octanol–water partition coefficient (Wildman–Crippen LogP) is 2.88. The summed E-state index contributed by atoms with van der Waals surface area (Å²) in [6, 6.07) is 9.50. The van der Waals surface area contributed by atoms with E-state index in [1.165, 1.54) is 0 Å². The molecule has 0 spiro atoms. The Labute approximate surface area is 108 Å². The highest BCUT2D eigenvalue weighted by Gasteiger charge is 2.08. The minimum Gasteiger partial charge on any atom is -0.457 e. The van der Waals surface area contributed by atoms with E-state index in [9.17, 15) is 4.79 Å². The van der Waals surface area contributed by atoms with Crippen LogP contribution in [0.3, 0.4) is 0 Å². The van der Waals surface area contributed by atoms with E-state index in [0.717, 1.165) is 11.1 Å². The van der Waals surface area contributed by atoms with Gasteiger partial charge in [-0.15, -0.1) is 0 Å². The molecular formula is C15H18O3. The van der Waals surface area contributed by atoms with E-state index in [4.69, 9.17) is 9.47 Å². The fourth-order valence-corrected chi connectivity index (χ4v) is 1.23. The third kappa shape index (κ3) is 5.46. The highest BCUT2D eigenvalue weighted by atomic mass is 16.5. The second-order valence-corrected chi connectivity index (χ2v) is 4.12. The Bertz CT molecular complexity index is 421. The lowest BCUT2D eigenvalue weighted by Gasteiger charge is -2.08. The lowest BCUT2D eigenvalue weighted by molar-refractivity contribution is -0.140. The standard InChI is InChI=1S/C15H18O3/c1-12(2)9-17-10-13(3)15(16)18-11-14-7-5-4-6-8-14/h4-8H,1,3,9-11H2,2H3. The van der Waals surface area contributed by atoms with Crippen LogP contribution in [0.25, 0.3) is 0 Å². The predicted molar refractivity (Wildman–Crippen MR) is 71.0 cm³/mol. The van der Waals surface area contributed by atoms with Gasteiger partial charge in [0, 0.05) is 0 Å². The molecule has 0 unspecified atom stereocenters. The first-order valence-electron chi connectivity index (χ1n) is 5.70. The summed E-state index contributed by atoms with van der Waals surface area (Å²) in [5.41, 5.74) is 2.16. The Morgan fingerprint density at radius 1 is 1.17 bits per heavy atom. The Morgan fingerprint density at radius 2 is 1.83 bits per heavy atom. The molecule has 0 atom stereocenters. The van der Waals surface area contributed by atoms with Crippen molar-refractivity contribution in [2.45, 2.75) is 13.5 Å². The maximum absolute atomic E-state index is 11.6. The molecule has 3 heteroatoms. The number of esters is 1. The quantitative estimate of drug-likeness (QED) is 0.421. The number of hydrogen-bond donors (Lipinski definition) is 0. The van der Waals surface area contributed by atoms with Gasteiger partial charge in [0.2, 0.25) is 0 Å². The van der Waals surface area contributed by atoms with E-state index >= 15 is 0 Å². The average Bonchev–Trinajstić information content (AvgIpc) is 2.36. The SMILES string of the molecule is C=C(C)COCC(=C)C(=O)OCc1ccccc1. The number of carbonyl (C=O) groups is 1. The van der Waals surface area contributed by atoms with Crippen molar-refractivity contribution in [2.24, 2.45) is 0 Å². The van der Waals surface area contributed by atoms with Crippen molar-refractivity contribution in [1.82, 2.24) is 0 Å². The van der Waals surface area contributed by atoms with Crippen molar-refractivity contribution >= 4 is 5.97 Å². The molecule has 0 saturated heterocycles. The summed E-state index contributed by atoms with van der Waals surface area (Å²) < 4.78 is 10.3. The van der Waals surface area contributed by atoms with Crippen molar-refractivity contribution in [2.75, 3.05) is 13.2 Å². The molecule has 3 nitrogen and oxygen atoms in total. The first-order chi connectivity index (χ1) is 8.59. The molecule has 0 bridgehead atoms. The smallest absolute Gasteiger partial charge is 0.336 e. The Hall–Kier alpha value is -1.87. The first kappa shape index (κ1) is 14.2. The summed E-state index contributed by atoms with van der Waals surface area (Å²) in [6.45, 7) is 10.0. The van der Waals surface area contributed by atoms with Crippen LogP contribution in [0, 0.1) is 0 Å². The average molecular weight is 246 g/mol. The zero-order valence-electron chi connectivity index (χ0n) is 10.6. The lowest BCUT2D eigenvalue weighted by Crippen LogP contribution is -2.12. The van der Waals surface area contributed by atoms with Crippen LogP contribution < -0.4 is 0 Å². The summed E-state index contributed by atoms with van der Waals surface area (Å²) in [6.07, 6.45) is 0. The van der Waals surface area contributed by atoms with Crippen LogP contribution in [0.15, 0.2) is 54.6 Å². The lowest BCUT2D eigenvalue weighted by atomic mass is 10.2. The molecule has 0 aliphatic rings. The summed E-state index contributed by atoms with van der Waals surface area (Å²) in [4.78, 5) is 11.6. The van der Waals surface area contributed by atoms with Gasteiger partial charge in [-0.3, -0.25) is 0 Å². The summed E-state index contributed by atoms with van der Waals surface area (Å²) in [7, 11) is 0. The summed E-state index contributed by atoms with van der Waals surface area (Å²) in [5, 5.41) is 0. The molecule has 1 rings (SSSR count). The molecule has 96 valence electrons. The molecule has 0 aliphatic heterocycles. The van der Waals surface area contributed by atoms with Crippen LogP contribution in [0.1, 0.15) is 12.5 Å². The molecule has 0 N–H and O–H groups in total. The molecule has 0 amide bonds. The van der Waals surface area contributed by atoms with Crippen LogP contribution >= 0.6 is 0 Å². The third-order valence-electron chi connectivity index (χ3n) is 2.13. The van der Waals surface area contributed by atoms with Gasteiger partial charge in [0.1, 0.15) is 6.61 Å². The topological polar surface area (TPSA) is 35.5 Å². The molecule has 0 aliphatic carbocycles. The van der Waals surface area contributed by atoms with Crippen molar-refractivity contribution in [3.63, 3.8) is 0 Å². The molecule has 18 heavy (non-hydrogen) atoms. The largest absolute Gasteiger partial charge is 0.457 e. The molecule has 0 fully saturated rings. The van der Waals surface area contributed by atoms with E-state index < -0.39 is 5.97 Å². The third-order valence-corrected chi connectivity index (χ3v) is 2.13. The fraction of sp³-hybridized carbons (Fsp3) is 0.267. The van der Waals surface area contributed by atoms with Crippen LogP contribution in [-0.4, -0.2) is 19.2 Å². The van der Waals surface area contributed by atoms with E-state index in [-0.39, 0.29) is 13.2 Å². The Kier molecular flexibility index (Phi) is 5.88. The van der Waals surface area contributed by atoms with Crippen LogP contribution in [-0.2, 0) is 20.9 Å². The molecule has 1 aromatic carbocycles. The van der Waals surface area contributed by atoms with Gasteiger partial charge < -0.3 is 9.47 Å². The summed E-state index contributed by atoms with van der Waals surface area (Å²) >= 11 is 0. The second kappa shape index (κ2) is 7.45. The first-order valence-corrected chi connectivity index (χ1v) is 5.70. The maximum Gasteiger partial charge on any atom is 0.336 e. The molecular weight excluding hydrogens is 228 g/mol. The van der Waals surface area contributed by atoms with Crippen LogP contribution in [0.4, 0.5) is 0 Å². The Morgan fingerprint density at radius 3 is 2.44 bits per heavy atom. The fourth-order valence-electron chi connectivity index (χ4n) is 1.23. The number of ether oxygens (including phenoxy) is 2. The van der Waals surface area contributed by atoms with Crippen molar-refractivity contribution < 1.29 is 14.3 Å². The van der Waals surface area contributed by atoms with Gasteiger partial charge in [-0.25, -0.2) is 4.79 Å². The minimum atomic E-state index is -0.430. The second-order valence-electron chi connectivity index (χ2n) is 4.12. The van der Waals surface area contributed by atoms with Gasteiger partial charge in [-0.05, 0) is 12.5 Å². The van der Waals surface area contributed by atoms with Crippen LogP contribution in [0.2, 0.25) is 0 Å². The van der Waals surface area contributed by atoms with Crippen molar-refractivity contribution in [1.29, 1.82) is 0 Å². The highest BCUT2D eigenvalue weighted by Crippen LogP contribution is 2.04. The van der Waals surface area contributed by atoms with E-state index in [1.54, 1.807) is 0 Å². The van der Waals surface area contributed by atoms with Gasteiger partial charge in [0.15, 0.2) is 0 Å². The van der Waals surface area contributed by atoms with E-state index in [0.29, 0.717) is 12.2 Å². The van der Waals surface area contributed by atoms with Gasteiger partial charge >= 0.3 is 5.97 Å². The number of rotatable bonds is 7. The summed E-state index contributed by atoms with van der Waals surface area (Å²) in [5.74, 6) is -0.430. The molecule has 1 aromatic rings. The molecule has 0 heterocycles. The number of benzene rings is 1. The van der Waals surface area contributed by atoms with Gasteiger partial charge in [0.05, 0.1) is 18.8 Å². The zero-order valence-corrected chi connectivity index (χ0v) is 10.6. The normalized spacial score (nSPS) is 9.83.